The maximum absolute atomic E-state index is 12.0. The number of benzene rings is 1. The van der Waals surface area contributed by atoms with Crippen molar-refractivity contribution in [1.29, 1.82) is 0 Å². The summed E-state index contributed by atoms with van der Waals surface area (Å²) >= 11 is 0. The van der Waals surface area contributed by atoms with E-state index in [0.717, 1.165) is 12.1 Å². The van der Waals surface area contributed by atoms with Crippen LogP contribution in [0.15, 0.2) is 18.2 Å². The number of hydrogen-bond acceptors (Lipinski definition) is 4. The van der Waals surface area contributed by atoms with Crippen molar-refractivity contribution < 1.29 is 36.2 Å². The molecule has 0 radical (unpaired) electrons. The van der Waals surface area contributed by atoms with Crippen LogP contribution in [0.5, 0.6) is 5.75 Å². The Labute approximate surface area is 117 Å². The van der Waals surface area contributed by atoms with Gasteiger partial charge in [-0.05, 0) is 12.1 Å². The molecule has 0 aliphatic heterocycles. The number of carboxylic acids is 1. The summed E-state index contributed by atoms with van der Waals surface area (Å²) in [7, 11) is -3.33. The van der Waals surface area contributed by atoms with Crippen LogP contribution in [0, 0.1) is 0 Å². The first kappa shape index (κ1) is 17.0. The van der Waals surface area contributed by atoms with Gasteiger partial charge in [-0.1, -0.05) is 0 Å². The number of aromatic carboxylic acids is 1. The second-order valence-corrected chi connectivity index (χ2v) is 5.26. The molecule has 1 aromatic carbocycles. The minimum absolute atomic E-state index is 0.133. The number of carboxylic acid groups (broad SMARTS) is 1. The normalized spacial score (nSPS) is 12.0. The van der Waals surface area contributed by atoms with E-state index in [1.165, 1.54) is 17.9 Å². The van der Waals surface area contributed by atoms with Gasteiger partial charge in [-0.2, -0.15) is 26.3 Å². The van der Waals surface area contributed by atoms with Crippen molar-refractivity contribution in [3.63, 3.8) is 0 Å². The zero-order chi connectivity index (χ0) is 16.3. The Morgan fingerprint density at radius 3 is 2.48 bits per heavy atom. The van der Waals surface area contributed by atoms with Crippen molar-refractivity contribution in [2.75, 3.05) is 18.4 Å². The molecule has 0 atom stereocenters. The van der Waals surface area contributed by atoms with Gasteiger partial charge in [-0.25, -0.2) is 4.79 Å². The van der Waals surface area contributed by atoms with Crippen LogP contribution in [-0.4, -0.2) is 39.3 Å². The minimum atomic E-state index is -4.74. The van der Waals surface area contributed by atoms with Gasteiger partial charge in [0.2, 0.25) is 0 Å². The third-order valence-corrected chi connectivity index (χ3v) is 3.18. The first-order valence-electron chi connectivity index (χ1n) is 5.29. The summed E-state index contributed by atoms with van der Waals surface area (Å²) in [5.74, 6) is -1.32. The first-order chi connectivity index (χ1) is 9.54. The molecular formula is C10H11F3N2O5S. The van der Waals surface area contributed by atoms with Crippen molar-refractivity contribution in [3.05, 3.63) is 23.8 Å². The number of hydrogen-bond donors (Lipinski definition) is 3. The van der Waals surface area contributed by atoms with Gasteiger partial charge in [-0.3, -0.25) is 4.72 Å². The number of nitrogens with one attached hydrogen (secondary N) is 2. The smallest absolute Gasteiger partial charge is 0.402 e. The fraction of sp³-hybridized carbons (Fsp3) is 0.300. The lowest BCUT2D eigenvalue weighted by Gasteiger charge is -2.13. The average Bonchev–Trinajstić information content (AvgIpc) is 2.35. The summed E-state index contributed by atoms with van der Waals surface area (Å²) in [6, 6.07) is 3.36. The van der Waals surface area contributed by atoms with Crippen LogP contribution in [0.25, 0.3) is 0 Å². The molecule has 0 fully saturated rings. The molecule has 1 rings (SSSR count). The van der Waals surface area contributed by atoms with Crippen molar-refractivity contribution in [3.8, 4) is 5.75 Å². The number of methoxy groups -OCH3 is 1. The summed E-state index contributed by atoms with van der Waals surface area (Å²) in [5, 5.41) is 8.91. The molecule has 21 heavy (non-hydrogen) atoms. The van der Waals surface area contributed by atoms with Gasteiger partial charge in [0, 0.05) is 6.07 Å². The van der Waals surface area contributed by atoms with Gasteiger partial charge in [0.05, 0.1) is 18.4 Å². The Kier molecular flexibility index (Phi) is 5.01. The van der Waals surface area contributed by atoms with Crippen LogP contribution in [0.3, 0.4) is 0 Å². The molecule has 0 spiro atoms. The Balaban J connectivity index is 3.02. The molecule has 0 saturated carbocycles. The molecule has 118 valence electrons. The lowest BCUT2D eigenvalue weighted by Crippen LogP contribution is -2.37. The number of carbonyl (C=O) groups is 1. The number of ether oxygens (including phenoxy) is 1. The summed E-state index contributed by atoms with van der Waals surface area (Å²) in [6.07, 6.45) is -4.74. The van der Waals surface area contributed by atoms with Gasteiger partial charge in [0.25, 0.3) is 10.2 Å². The van der Waals surface area contributed by atoms with Gasteiger partial charge < -0.3 is 9.84 Å². The van der Waals surface area contributed by atoms with E-state index in [4.69, 9.17) is 9.84 Å². The maximum atomic E-state index is 12.0. The standard InChI is InChI=1S/C10H11F3N2O5S/c1-20-6-2-3-7(9(16)17)8(4-6)15-21(18,19)14-5-10(11,12)13/h2-4,14-15H,5H2,1H3,(H,16,17). The molecule has 1 aromatic rings. The van der Waals surface area contributed by atoms with Crippen LogP contribution in [0.1, 0.15) is 10.4 Å². The lowest BCUT2D eigenvalue weighted by molar-refractivity contribution is -0.121. The fourth-order valence-corrected chi connectivity index (χ4v) is 2.16. The summed E-state index contributed by atoms with van der Waals surface area (Å²) < 4.78 is 66.6. The Morgan fingerprint density at radius 2 is 2.00 bits per heavy atom. The van der Waals surface area contributed by atoms with Crippen LogP contribution < -0.4 is 14.2 Å². The van der Waals surface area contributed by atoms with E-state index in [0.29, 0.717) is 0 Å². The highest BCUT2D eigenvalue weighted by Crippen LogP contribution is 2.23. The van der Waals surface area contributed by atoms with Crippen LogP contribution in [-0.2, 0) is 10.2 Å². The topological polar surface area (TPSA) is 105 Å². The SMILES string of the molecule is COc1ccc(C(=O)O)c(NS(=O)(=O)NCC(F)(F)F)c1. The third-order valence-electron chi connectivity index (χ3n) is 2.16. The molecule has 0 amide bonds. The van der Waals surface area contributed by atoms with Crippen molar-refractivity contribution in [1.82, 2.24) is 4.72 Å². The number of alkyl halides is 3. The first-order valence-corrected chi connectivity index (χ1v) is 6.78. The fourth-order valence-electron chi connectivity index (χ4n) is 1.28. The van der Waals surface area contributed by atoms with Crippen LogP contribution in [0.2, 0.25) is 0 Å². The van der Waals surface area contributed by atoms with Gasteiger partial charge in [0.15, 0.2) is 0 Å². The van der Waals surface area contributed by atoms with Crippen LogP contribution >= 0.6 is 0 Å². The molecule has 0 saturated heterocycles. The van der Waals surface area contributed by atoms with E-state index in [1.54, 1.807) is 4.72 Å². The van der Waals surface area contributed by atoms with E-state index < -0.39 is 40.2 Å². The monoisotopic (exact) mass is 328 g/mol. The second kappa shape index (κ2) is 6.18. The molecule has 0 aromatic heterocycles. The molecule has 0 aliphatic rings. The highest BCUT2D eigenvalue weighted by Gasteiger charge is 2.29. The van der Waals surface area contributed by atoms with Gasteiger partial charge in [0.1, 0.15) is 12.3 Å². The summed E-state index contributed by atoms with van der Waals surface area (Å²) in [5.41, 5.74) is -0.857. The highest BCUT2D eigenvalue weighted by atomic mass is 32.2. The molecule has 0 unspecified atom stereocenters. The average molecular weight is 328 g/mol. The van der Waals surface area contributed by atoms with Gasteiger partial charge >= 0.3 is 12.1 Å². The number of rotatable bonds is 6. The predicted octanol–water partition coefficient (Wildman–Crippen LogP) is 1.20. The molecule has 0 heterocycles. The van der Waals surface area contributed by atoms with E-state index >= 15 is 0 Å². The molecule has 0 aliphatic carbocycles. The van der Waals surface area contributed by atoms with E-state index in [1.807, 2.05) is 0 Å². The molecule has 7 nitrogen and oxygen atoms in total. The molecular weight excluding hydrogens is 317 g/mol. The Hall–Kier alpha value is -2.01. The highest BCUT2D eigenvalue weighted by molar-refractivity contribution is 7.90. The number of anilines is 1. The van der Waals surface area contributed by atoms with Crippen molar-refractivity contribution >= 4 is 21.9 Å². The zero-order valence-corrected chi connectivity index (χ0v) is 11.4. The Bertz CT molecular complexity index is 630. The van der Waals surface area contributed by atoms with Crippen molar-refractivity contribution in [2.45, 2.75) is 6.18 Å². The Morgan fingerprint density at radius 1 is 1.38 bits per heavy atom. The van der Waals surface area contributed by atoms with Crippen molar-refractivity contribution in [2.24, 2.45) is 0 Å². The molecule has 11 heteroatoms. The van der Waals surface area contributed by atoms with Gasteiger partial charge in [-0.15, -0.1) is 0 Å². The largest absolute Gasteiger partial charge is 0.497 e. The maximum Gasteiger partial charge on any atom is 0.402 e. The second-order valence-electron chi connectivity index (χ2n) is 3.76. The predicted molar refractivity (Wildman–Crippen MR) is 66.6 cm³/mol. The lowest BCUT2D eigenvalue weighted by atomic mass is 10.2. The van der Waals surface area contributed by atoms with E-state index in [9.17, 15) is 26.4 Å². The van der Waals surface area contributed by atoms with Crippen LogP contribution in [0.4, 0.5) is 18.9 Å². The summed E-state index contributed by atoms with van der Waals surface area (Å²) in [4.78, 5) is 10.9. The third kappa shape index (κ3) is 5.47. The summed E-state index contributed by atoms with van der Waals surface area (Å²) in [6.45, 7) is -1.78. The molecule has 3 N–H and O–H groups in total. The quantitative estimate of drug-likeness (QED) is 0.728. The molecule has 0 bridgehead atoms. The number of halogens is 3. The minimum Gasteiger partial charge on any atom is -0.497 e. The van der Waals surface area contributed by atoms with E-state index in [2.05, 4.69) is 0 Å². The zero-order valence-electron chi connectivity index (χ0n) is 10.6. The van der Waals surface area contributed by atoms with E-state index in [-0.39, 0.29) is 5.75 Å².